The van der Waals surface area contributed by atoms with Gasteiger partial charge in [-0.05, 0) is 19.2 Å². The van der Waals surface area contributed by atoms with Crippen LogP contribution >= 0.6 is 0 Å². The number of aldehydes is 1. The molecule has 0 aliphatic heterocycles. The summed E-state index contributed by atoms with van der Waals surface area (Å²) in [5.41, 5.74) is 3.83. The van der Waals surface area contributed by atoms with Gasteiger partial charge >= 0.3 is 0 Å². The van der Waals surface area contributed by atoms with Crippen molar-refractivity contribution < 1.29 is 18.4 Å². The number of benzene rings is 1. The lowest BCUT2D eigenvalue weighted by atomic mass is 10.2. The van der Waals surface area contributed by atoms with Crippen LogP contribution < -0.4 is 11.1 Å². The molecule has 0 fully saturated rings. The van der Waals surface area contributed by atoms with Gasteiger partial charge in [-0.15, -0.1) is 0 Å². The Hall–Kier alpha value is -1.82. The molecule has 0 atom stereocenters. The summed E-state index contributed by atoms with van der Waals surface area (Å²) < 4.78 is 25.9. The van der Waals surface area contributed by atoms with E-state index >= 15 is 0 Å². The number of hydrogen-bond donors (Lipinski definition) is 2. The number of carbonyl (C=O) groups excluding carboxylic acids is 2. The van der Waals surface area contributed by atoms with E-state index in [4.69, 9.17) is 0 Å². The summed E-state index contributed by atoms with van der Waals surface area (Å²) in [4.78, 5) is 21.0. The second kappa shape index (κ2) is 7.47. The van der Waals surface area contributed by atoms with Gasteiger partial charge in [-0.2, -0.15) is 0 Å². The first-order valence-electron chi connectivity index (χ1n) is 4.40. The van der Waals surface area contributed by atoms with Gasteiger partial charge in [0.25, 0.3) is 5.91 Å². The Morgan fingerprint density at radius 3 is 2.31 bits per heavy atom. The molecule has 0 aliphatic carbocycles. The van der Waals surface area contributed by atoms with Crippen LogP contribution in [-0.4, -0.2) is 25.8 Å². The van der Waals surface area contributed by atoms with Crippen molar-refractivity contribution in [2.75, 3.05) is 13.6 Å². The Kier molecular flexibility index (Phi) is 6.62. The number of amides is 1. The molecule has 1 rings (SSSR count). The lowest BCUT2D eigenvalue weighted by Gasteiger charge is -2.03. The van der Waals surface area contributed by atoms with E-state index in [2.05, 4.69) is 5.73 Å². The van der Waals surface area contributed by atoms with Crippen LogP contribution in [0.3, 0.4) is 0 Å². The van der Waals surface area contributed by atoms with Gasteiger partial charge in [0.1, 0.15) is 23.5 Å². The van der Waals surface area contributed by atoms with Gasteiger partial charge in [-0.3, -0.25) is 4.79 Å². The van der Waals surface area contributed by atoms with Crippen molar-refractivity contribution in [2.24, 2.45) is 5.73 Å². The van der Waals surface area contributed by atoms with Crippen molar-refractivity contribution in [1.82, 2.24) is 5.32 Å². The van der Waals surface area contributed by atoms with Gasteiger partial charge in [-0.25, -0.2) is 8.78 Å². The number of carbonyl (C=O) groups is 2. The highest BCUT2D eigenvalue weighted by atomic mass is 19.1. The molecule has 0 unspecified atom stereocenters. The highest BCUT2D eigenvalue weighted by Gasteiger charge is 2.15. The molecule has 0 heterocycles. The average Bonchev–Trinajstić information content (AvgIpc) is 2.29. The van der Waals surface area contributed by atoms with Crippen molar-refractivity contribution in [2.45, 2.75) is 0 Å². The van der Waals surface area contributed by atoms with Crippen LogP contribution in [0.5, 0.6) is 0 Å². The minimum Gasteiger partial charge on any atom is -0.345 e. The lowest BCUT2D eigenvalue weighted by Crippen LogP contribution is -2.27. The minimum absolute atomic E-state index is 0.271. The number of hydrogen-bond acceptors (Lipinski definition) is 3. The maximum atomic E-state index is 12.9. The fourth-order valence-electron chi connectivity index (χ4n) is 0.937. The summed E-state index contributed by atoms with van der Waals surface area (Å²) in [7, 11) is 1.50. The maximum absolute atomic E-state index is 12.9. The first-order valence-corrected chi connectivity index (χ1v) is 4.40. The van der Waals surface area contributed by atoms with Crippen LogP contribution in [0, 0.1) is 11.6 Å². The van der Waals surface area contributed by atoms with Crippen molar-refractivity contribution >= 4 is 12.2 Å². The molecule has 1 aromatic carbocycles. The highest BCUT2D eigenvalue weighted by Crippen LogP contribution is 2.11. The molecular formula is C10H12F2N2O2. The summed E-state index contributed by atoms with van der Waals surface area (Å²) in [6.45, 7) is -0.271. The zero-order valence-corrected chi connectivity index (χ0v) is 8.67. The van der Waals surface area contributed by atoms with E-state index in [1.165, 1.54) is 7.05 Å². The Bertz CT molecular complexity index is 350. The van der Waals surface area contributed by atoms with Gasteiger partial charge in [0.05, 0.1) is 6.54 Å². The third-order valence-corrected chi connectivity index (χ3v) is 1.54. The zero-order valence-electron chi connectivity index (χ0n) is 8.67. The summed E-state index contributed by atoms with van der Waals surface area (Å²) in [6.07, 6.45) is 0.427. The van der Waals surface area contributed by atoms with E-state index in [1.54, 1.807) is 0 Å². The fourth-order valence-corrected chi connectivity index (χ4v) is 0.937. The van der Waals surface area contributed by atoms with Gasteiger partial charge in [0, 0.05) is 0 Å². The predicted molar refractivity (Wildman–Crippen MR) is 54.9 cm³/mol. The molecular weight excluding hydrogens is 218 g/mol. The van der Waals surface area contributed by atoms with Gasteiger partial charge in [0.15, 0.2) is 0 Å². The Labute approximate surface area is 91.4 Å². The largest absolute Gasteiger partial charge is 0.345 e. The number of halogens is 2. The van der Waals surface area contributed by atoms with Crippen molar-refractivity contribution in [3.05, 3.63) is 35.4 Å². The van der Waals surface area contributed by atoms with Crippen molar-refractivity contribution in [3.63, 3.8) is 0 Å². The molecule has 16 heavy (non-hydrogen) atoms. The van der Waals surface area contributed by atoms with E-state index in [0.717, 1.165) is 18.2 Å². The van der Waals surface area contributed by atoms with E-state index in [1.807, 2.05) is 5.32 Å². The molecule has 4 nitrogen and oxygen atoms in total. The molecule has 6 heteroatoms. The smallest absolute Gasteiger partial charge is 0.257 e. The molecule has 3 N–H and O–H groups in total. The van der Waals surface area contributed by atoms with E-state index < -0.39 is 23.1 Å². The standard InChI is InChI=1S/C9H7F2NO2.CH5N/c10-6-2-1-3-7(11)8(6)9(14)12-4-5-13;1-2/h1-3,5H,4H2,(H,12,14);2H2,1H3. The Balaban J connectivity index is 0.00000106. The van der Waals surface area contributed by atoms with Crippen molar-refractivity contribution in [1.29, 1.82) is 0 Å². The quantitative estimate of drug-likeness (QED) is 0.741. The van der Waals surface area contributed by atoms with Gasteiger partial charge in [-0.1, -0.05) is 6.07 Å². The maximum Gasteiger partial charge on any atom is 0.257 e. The summed E-state index contributed by atoms with van der Waals surface area (Å²) >= 11 is 0. The molecule has 0 radical (unpaired) electrons. The summed E-state index contributed by atoms with van der Waals surface area (Å²) in [6, 6.07) is 3.10. The van der Waals surface area contributed by atoms with E-state index in [-0.39, 0.29) is 6.54 Å². The summed E-state index contributed by atoms with van der Waals surface area (Å²) in [5, 5.41) is 2.04. The lowest BCUT2D eigenvalue weighted by molar-refractivity contribution is -0.107. The molecule has 88 valence electrons. The first-order chi connectivity index (χ1) is 7.66. The Morgan fingerprint density at radius 1 is 1.38 bits per heavy atom. The third kappa shape index (κ3) is 3.74. The predicted octanol–water partition coefficient (Wildman–Crippen LogP) is 0.468. The normalized spacial score (nSPS) is 8.75. The molecule has 0 saturated heterocycles. The average molecular weight is 230 g/mol. The molecule has 1 aromatic rings. The minimum atomic E-state index is -0.951. The van der Waals surface area contributed by atoms with Gasteiger partial charge in [0.2, 0.25) is 0 Å². The monoisotopic (exact) mass is 230 g/mol. The number of nitrogens with two attached hydrogens (primary N) is 1. The van der Waals surface area contributed by atoms with Crippen LogP contribution in [0.15, 0.2) is 18.2 Å². The number of nitrogens with one attached hydrogen (secondary N) is 1. The second-order valence-electron chi connectivity index (χ2n) is 2.47. The number of rotatable bonds is 3. The van der Waals surface area contributed by atoms with E-state index in [0.29, 0.717) is 6.29 Å². The third-order valence-electron chi connectivity index (χ3n) is 1.54. The van der Waals surface area contributed by atoms with Crippen molar-refractivity contribution in [3.8, 4) is 0 Å². The zero-order chi connectivity index (χ0) is 12.6. The second-order valence-corrected chi connectivity index (χ2v) is 2.47. The molecule has 0 bridgehead atoms. The molecule has 0 aromatic heterocycles. The van der Waals surface area contributed by atoms with Gasteiger partial charge < -0.3 is 15.8 Å². The van der Waals surface area contributed by atoms with Crippen LogP contribution in [0.2, 0.25) is 0 Å². The molecule has 0 spiro atoms. The molecule has 0 saturated carbocycles. The highest BCUT2D eigenvalue weighted by molar-refractivity contribution is 5.95. The van der Waals surface area contributed by atoms with Crippen LogP contribution in [0.25, 0.3) is 0 Å². The SMILES string of the molecule is CN.O=CCNC(=O)c1c(F)cccc1F. The van der Waals surface area contributed by atoms with Crippen LogP contribution in [0.4, 0.5) is 8.78 Å². The fraction of sp³-hybridized carbons (Fsp3) is 0.200. The molecule has 1 amide bonds. The topological polar surface area (TPSA) is 72.2 Å². The summed E-state index contributed by atoms with van der Waals surface area (Å²) in [5.74, 6) is -2.84. The Morgan fingerprint density at radius 2 is 1.88 bits per heavy atom. The van der Waals surface area contributed by atoms with Crippen LogP contribution in [0.1, 0.15) is 10.4 Å². The first kappa shape index (κ1) is 14.2. The van der Waals surface area contributed by atoms with E-state index in [9.17, 15) is 18.4 Å². The molecule has 0 aliphatic rings. The van der Waals surface area contributed by atoms with Crippen LogP contribution in [-0.2, 0) is 4.79 Å².